The van der Waals surface area contributed by atoms with Crippen molar-refractivity contribution in [2.45, 2.75) is 6.54 Å². The Morgan fingerprint density at radius 1 is 0.952 bits per heavy atom. The molecule has 21 heavy (non-hydrogen) atoms. The van der Waals surface area contributed by atoms with Crippen molar-refractivity contribution in [2.24, 2.45) is 0 Å². The third kappa shape index (κ3) is 2.31. The van der Waals surface area contributed by atoms with Gasteiger partial charge in [-0.05, 0) is 6.07 Å². The highest BCUT2D eigenvalue weighted by molar-refractivity contribution is 5.79. The van der Waals surface area contributed by atoms with Gasteiger partial charge in [-0.2, -0.15) is 0 Å². The SMILES string of the molecule is Nc1nc2c(F)cc(F)cc2n1Cc1ccc(F)cc1F. The molecule has 0 saturated carbocycles. The minimum absolute atomic E-state index is 0.0850. The number of hydrogen-bond acceptors (Lipinski definition) is 2. The molecule has 0 saturated heterocycles. The highest BCUT2D eigenvalue weighted by atomic mass is 19.1. The molecule has 3 aromatic rings. The van der Waals surface area contributed by atoms with Crippen molar-refractivity contribution in [3.05, 3.63) is 59.2 Å². The van der Waals surface area contributed by atoms with E-state index in [0.717, 1.165) is 18.2 Å². The molecule has 0 aliphatic rings. The number of nitrogens with zero attached hydrogens (tertiary/aromatic N) is 2. The van der Waals surface area contributed by atoms with Gasteiger partial charge in [0.1, 0.15) is 23.0 Å². The number of hydrogen-bond donors (Lipinski definition) is 1. The number of anilines is 1. The van der Waals surface area contributed by atoms with Crippen LogP contribution in [-0.4, -0.2) is 9.55 Å². The number of imidazole rings is 1. The Balaban J connectivity index is 2.14. The molecule has 0 spiro atoms. The molecule has 3 nitrogen and oxygen atoms in total. The van der Waals surface area contributed by atoms with E-state index in [0.29, 0.717) is 6.07 Å². The number of rotatable bonds is 2. The summed E-state index contributed by atoms with van der Waals surface area (Å²) >= 11 is 0. The molecule has 1 aromatic heterocycles. The van der Waals surface area contributed by atoms with Crippen LogP contribution in [0.25, 0.3) is 11.0 Å². The minimum atomic E-state index is -0.852. The summed E-state index contributed by atoms with van der Waals surface area (Å²) in [7, 11) is 0. The van der Waals surface area contributed by atoms with Crippen LogP contribution in [0.3, 0.4) is 0 Å². The van der Waals surface area contributed by atoms with Crippen LogP contribution in [0.1, 0.15) is 5.56 Å². The molecule has 108 valence electrons. The highest BCUT2D eigenvalue weighted by Gasteiger charge is 2.15. The Morgan fingerprint density at radius 2 is 1.67 bits per heavy atom. The number of fused-ring (bicyclic) bond motifs is 1. The zero-order valence-electron chi connectivity index (χ0n) is 10.6. The van der Waals surface area contributed by atoms with Gasteiger partial charge < -0.3 is 10.3 Å². The quantitative estimate of drug-likeness (QED) is 0.738. The van der Waals surface area contributed by atoms with Gasteiger partial charge in [-0.3, -0.25) is 0 Å². The molecule has 0 aliphatic carbocycles. The fourth-order valence-electron chi connectivity index (χ4n) is 2.15. The molecule has 2 aromatic carbocycles. The summed E-state index contributed by atoms with van der Waals surface area (Å²) in [6, 6.07) is 4.81. The van der Waals surface area contributed by atoms with Crippen LogP contribution >= 0.6 is 0 Å². The second-order valence-corrected chi connectivity index (χ2v) is 4.55. The van der Waals surface area contributed by atoms with Crippen LogP contribution in [0.4, 0.5) is 23.5 Å². The van der Waals surface area contributed by atoms with E-state index in [1.165, 1.54) is 10.6 Å². The molecule has 0 fully saturated rings. The Labute approximate surface area is 116 Å². The summed E-state index contributed by atoms with van der Waals surface area (Å²) in [5, 5.41) is 0. The fourth-order valence-corrected chi connectivity index (χ4v) is 2.15. The van der Waals surface area contributed by atoms with Crippen molar-refractivity contribution in [3.8, 4) is 0 Å². The van der Waals surface area contributed by atoms with Gasteiger partial charge in [-0.1, -0.05) is 6.07 Å². The molecule has 1 heterocycles. The third-order valence-electron chi connectivity index (χ3n) is 3.15. The molecular formula is C14H9F4N3. The second-order valence-electron chi connectivity index (χ2n) is 4.55. The zero-order chi connectivity index (χ0) is 15.1. The van der Waals surface area contributed by atoms with Gasteiger partial charge in [0.2, 0.25) is 5.95 Å². The van der Waals surface area contributed by atoms with Gasteiger partial charge in [0.15, 0.2) is 5.82 Å². The van der Waals surface area contributed by atoms with Crippen LogP contribution in [0.5, 0.6) is 0 Å². The molecule has 3 rings (SSSR count). The second kappa shape index (κ2) is 4.76. The van der Waals surface area contributed by atoms with Gasteiger partial charge in [-0.15, -0.1) is 0 Å². The molecule has 0 atom stereocenters. The Hall–Kier alpha value is -2.57. The monoisotopic (exact) mass is 295 g/mol. The maximum absolute atomic E-state index is 13.7. The molecule has 0 unspecified atom stereocenters. The molecule has 2 N–H and O–H groups in total. The highest BCUT2D eigenvalue weighted by Crippen LogP contribution is 2.24. The van der Waals surface area contributed by atoms with Crippen molar-refractivity contribution < 1.29 is 17.6 Å². The zero-order valence-corrected chi connectivity index (χ0v) is 10.6. The predicted molar refractivity (Wildman–Crippen MR) is 69.5 cm³/mol. The van der Waals surface area contributed by atoms with E-state index >= 15 is 0 Å². The van der Waals surface area contributed by atoms with E-state index in [1.807, 2.05) is 0 Å². The van der Waals surface area contributed by atoms with Crippen molar-refractivity contribution in [3.63, 3.8) is 0 Å². The van der Waals surface area contributed by atoms with Crippen molar-refractivity contribution >= 4 is 17.0 Å². The lowest BCUT2D eigenvalue weighted by atomic mass is 10.2. The van der Waals surface area contributed by atoms with E-state index < -0.39 is 23.3 Å². The summed E-state index contributed by atoms with van der Waals surface area (Å²) < 4.78 is 54.7. The predicted octanol–water partition coefficient (Wildman–Crippen LogP) is 3.22. The molecule has 0 radical (unpaired) electrons. The normalized spacial score (nSPS) is 11.2. The van der Waals surface area contributed by atoms with Crippen molar-refractivity contribution in [1.82, 2.24) is 9.55 Å². The molecule has 7 heteroatoms. The van der Waals surface area contributed by atoms with Crippen LogP contribution in [0, 0.1) is 23.3 Å². The fraction of sp³-hybridized carbons (Fsp3) is 0.0714. The maximum Gasteiger partial charge on any atom is 0.201 e. The van der Waals surface area contributed by atoms with Crippen LogP contribution in [-0.2, 0) is 6.54 Å². The molecule has 0 amide bonds. The lowest BCUT2D eigenvalue weighted by Gasteiger charge is -2.08. The first kappa shape index (κ1) is 13.4. The van der Waals surface area contributed by atoms with Crippen LogP contribution < -0.4 is 5.73 Å². The summed E-state index contributed by atoms with van der Waals surface area (Å²) in [4.78, 5) is 3.80. The lowest BCUT2D eigenvalue weighted by molar-refractivity contribution is 0.567. The van der Waals surface area contributed by atoms with Crippen molar-refractivity contribution in [2.75, 3.05) is 5.73 Å². The number of nitrogens with two attached hydrogens (primary N) is 1. The standard InChI is InChI=1S/C14H9F4N3/c15-8-2-1-7(10(17)3-8)6-21-12-5-9(16)4-11(18)13(12)20-14(21)19/h1-5H,6H2,(H2,19,20). The Morgan fingerprint density at radius 3 is 2.38 bits per heavy atom. The molecule has 0 bridgehead atoms. The minimum Gasteiger partial charge on any atom is -0.369 e. The van der Waals surface area contributed by atoms with E-state index in [4.69, 9.17) is 5.73 Å². The Kier molecular flexibility index (Phi) is 3.04. The molecular weight excluding hydrogens is 286 g/mol. The summed E-state index contributed by atoms with van der Waals surface area (Å²) in [6.45, 7) is -0.114. The van der Waals surface area contributed by atoms with E-state index in [9.17, 15) is 17.6 Å². The molecule has 0 aliphatic heterocycles. The maximum atomic E-state index is 13.7. The average Bonchev–Trinajstić information content (AvgIpc) is 2.70. The van der Waals surface area contributed by atoms with E-state index in [2.05, 4.69) is 4.98 Å². The topological polar surface area (TPSA) is 43.8 Å². The Bertz CT molecular complexity index is 842. The smallest absolute Gasteiger partial charge is 0.201 e. The first-order valence-electron chi connectivity index (χ1n) is 6.00. The summed E-state index contributed by atoms with van der Waals surface area (Å²) in [6.07, 6.45) is 0. The van der Waals surface area contributed by atoms with Gasteiger partial charge in [0.25, 0.3) is 0 Å². The van der Waals surface area contributed by atoms with Crippen LogP contribution in [0.2, 0.25) is 0 Å². The lowest BCUT2D eigenvalue weighted by Crippen LogP contribution is -2.06. The van der Waals surface area contributed by atoms with Gasteiger partial charge in [0.05, 0.1) is 12.1 Å². The van der Waals surface area contributed by atoms with Gasteiger partial charge in [0, 0.05) is 23.8 Å². The van der Waals surface area contributed by atoms with Gasteiger partial charge in [-0.25, -0.2) is 22.5 Å². The van der Waals surface area contributed by atoms with E-state index in [1.54, 1.807) is 0 Å². The third-order valence-corrected chi connectivity index (χ3v) is 3.15. The number of halogens is 4. The first-order valence-corrected chi connectivity index (χ1v) is 6.00. The average molecular weight is 295 g/mol. The number of nitrogen functional groups attached to an aromatic ring is 1. The van der Waals surface area contributed by atoms with Gasteiger partial charge >= 0.3 is 0 Å². The number of benzene rings is 2. The van der Waals surface area contributed by atoms with Crippen molar-refractivity contribution in [1.29, 1.82) is 0 Å². The van der Waals surface area contributed by atoms with Crippen LogP contribution in [0.15, 0.2) is 30.3 Å². The number of aromatic nitrogens is 2. The summed E-state index contributed by atoms with van der Waals surface area (Å²) in [5.41, 5.74) is 5.80. The van der Waals surface area contributed by atoms with E-state index in [-0.39, 0.29) is 29.1 Å². The first-order chi connectivity index (χ1) is 9.95. The largest absolute Gasteiger partial charge is 0.369 e. The summed E-state index contributed by atoms with van der Waals surface area (Å²) in [5.74, 6) is -3.21.